The van der Waals surface area contributed by atoms with E-state index in [9.17, 15) is 9.18 Å². The van der Waals surface area contributed by atoms with E-state index in [1.807, 2.05) is 72.2 Å². The molecule has 162 valence electrons. The van der Waals surface area contributed by atoms with E-state index in [0.29, 0.717) is 23.1 Å². The molecule has 1 N–H and O–H groups in total. The van der Waals surface area contributed by atoms with Crippen LogP contribution < -0.4 is 5.32 Å². The molecule has 4 aromatic rings. The second kappa shape index (κ2) is 10.2. The van der Waals surface area contributed by atoms with Crippen LogP contribution in [0.4, 0.5) is 4.39 Å². The maximum Gasteiger partial charge on any atom is 0.230 e. The van der Waals surface area contributed by atoms with Gasteiger partial charge in [-0.05, 0) is 30.2 Å². The molecule has 1 atom stereocenters. The van der Waals surface area contributed by atoms with Crippen LogP contribution in [0.5, 0.6) is 0 Å². The van der Waals surface area contributed by atoms with E-state index in [-0.39, 0.29) is 23.5 Å². The Labute approximate surface area is 190 Å². The van der Waals surface area contributed by atoms with Crippen molar-refractivity contribution in [3.8, 4) is 11.4 Å². The summed E-state index contributed by atoms with van der Waals surface area (Å²) < 4.78 is 16.3. The monoisotopic (exact) mass is 446 g/mol. The number of benzene rings is 3. The van der Waals surface area contributed by atoms with Gasteiger partial charge < -0.3 is 5.32 Å². The van der Waals surface area contributed by atoms with Gasteiger partial charge in [0, 0.05) is 0 Å². The zero-order valence-corrected chi connectivity index (χ0v) is 18.4. The lowest BCUT2D eigenvalue weighted by molar-refractivity contribution is -0.119. The van der Waals surface area contributed by atoms with Crippen LogP contribution in [0, 0.1) is 5.82 Å². The zero-order chi connectivity index (χ0) is 22.3. The SMILES string of the molecule is C[C@H](NC(=O)CSc1nnc(-c2ccccc2F)n1Cc1ccccc1)c1ccccc1. The van der Waals surface area contributed by atoms with Gasteiger partial charge in [-0.2, -0.15) is 0 Å². The third-order valence-electron chi connectivity index (χ3n) is 5.02. The van der Waals surface area contributed by atoms with Gasteiger partial charge in [-0.1, -0.05) is 84.6 Å². The largest absolute Gasteiger partial charge is 0.349 e. The summed E-state index contributed by atoms with van der Waals surface area (Å²) in [4.78, 5) is 12.6. The average molecular weight is 447 g/mol. The Morgan fingerprint density at radius 3 is 2.34 bits per heavy atom. The maximum atomic E-state index is 14.5. The van der Waals surface area contributed by atoms with E-state index in [2.05, 4.69) is 15.5 Å². The molecule has 0 radical (unpaired) electrons. The van der Waals surface area contributed by atoms with Crippen molar-refractivity contribution in [3.63, 3.8) is 0 Å². The number of thioether (sulfide) groups is 1. The standard InChI is InChI=1S/C25H23FN4OS/c1-18(20-12-6-3-7-13-20)27-23(31)17-32-25-29-28-24(21-14-8-9-15-22(21)26)30(25)16-19-10-4-2-5-11-19/h2-15,18H,16-17H2,1H3,(H,27,31)/t18-/m0/s1. The smallest absolute Gasteiger partial charge is 0.230 e. The quantitative estimate of drug-likeness (QED) is 0.383. The van der Waals surface area contributed by atoms with E-state index in [1.54, 1.807) is 18.2 Å². The summed E-state index contributed by atoms with van der Waals surface area (Å²) in [5.41, 5.74) is 2.46. The summed E-state index contributed by atoms with van der Waals surface area (Å²) in [5.74, 6) is 0.155. The van der Waals surface area contributed by atoms with Crippen LogP contribution in [0.15, 0.2) is 90.1 Å². The lowest BCUT2D eigenvalue weighted by atomic mass is 10.1. The van der Waals surface area contributed by atoms with Gasteiger partial charge in [0.05, 0.1) is 23.9 Å². The average Bonchev–Trinajstić information content (AvgIpc) is 3.21. The molecule has 5 nitrogen and oxygen atoms in total. The van der Waals surface area contributed by atoms with Crippen molar-refractivity contribution in [1.29, 1.82) is 0 Å². The van der Waals surface area contributed by atoms with Crippen molar-refractivity contribution >= 4 is 17.7 Å². The summed E-state index contributed by atoms with van der Waals surface area (Å²) in [6.45, 7) is 2.42. The van der Waals surface area contributed by atoms with Crippen LogP contribution in [0.3, 0.4) is 0 Å². The molecule has 32 heavy (non-hydrogen) atoms. The number of aromatic nitrogens is 3. The number of amides is 1. The third kappa shape index (κ3) is 5.23. The van der Waals surface area contributed by atoms with E-state index < -0.39 is 0 Å². The van der Waals surface area contributed by atoms with Crippen molar-refractivity contribution in [1.82, 2.24) is 20.1 Å². The maximum absolute atomic E-state index is 14.5. The summed E-state index contributed by atoms with van der Waals surface area (Å²) in [5, 5.41) is 12.1. The highest BCUT2D eigenvalue weighted by Crippen LogP contribution is 2.27. The fourth-order valence-electron chi connectivity index (χ4n) is 3.38. The molecule has 0 fully saturated rings. The second-order valence-corrected chi connectivity index (χ2v) is 8.29. The number of halogens is 1. The fraction of sp³-hybridized carbons (Fsp3) is 0.160. The van der Waals surface area contributed by atoms with Gasteiger partial charge >= 0.3 is 0 Å². The van der Waals surface area contributed by atoms with Crippen LogP contribution >= 0.6 is 11.8 Å². The molecular formula is C25H23FN4OS. The summed E-state index contributed by atoms with van der Waals surface area (Å²) in [6.07, 6.45) is 0. The van der Waals surface area contributed by atoms with Crippen molar-refractivity contribution in [3.05, 3.63) is 102 Å². The Kier molecular flexibility index (Phi) is 6.97. The predicted octanol–water partition coefficient (Wildman–Crippen LogP) is 5.10. The fourth-order valence-corrected chi connectivity index (χ4v) is 4.13. The molecule has 0 aliphatic rings. The molecular weight excluding hydrogens is 423 g/mol. The molecule has 4 rings (SSSR count). The normalized spacial score (nSPS) is 11.8. The van der Waals surface area contributed by atoms with Crippen molar-refractivity contribution in [2.75, 3.05) is 5.75 Å². The molecule has 0 aliphatic heterocycles. The Morgan fingerprint density at radius 1 is 0.969 bits per heavy atom. The van der Waals surface area contributed by atoms with Gasteiger partial charge in [-0.15, -0.1) is 10.2 Å². The Hall–Kier alpha value is -3.45. The highest BCUT2D eigenvalue weighted by molar-refractivity contribution is 7.99. The minimum absolute atomic E-state index is 0.0968. The molecule has 0 saturated heterocycles. The molecule has 0 saturated carbocycles. The number of nitrogens with one attached hydrogen (secondary N) is 1. The van der Waals surface area contributed by atoms with E-state index in [1.165, 1.54) is 17.8 Å². The van der Waals surface area contributed by atoms with Crippen molar-refractivity contribution in [2.45, 2.75) is 24.7 Å². The first-order chi connectivity index (χ1) is 15.6. The van der Waals surface area contributed by atoms with Gasteiger partial charge in [0.1, 0.15) is 5.82 Å². The highest BCUT2D eigenvalue weighted by atomic mass is 32.2. The first-order valence-corrected chi connectivity index (χ1v) is 11.3. The summed E-state index contributed by atoms with van der Waals surface area (Å²) in [6, 6.07) is 26.0. The van der Waals surface area contributed by atoms with Gasteiger partial charge in [0.2, 0.25) is 5.91 Å². The summed E-state index contributed by atoms with van der Waals surface area (Å²) >= 11 is 1.29. The molecule has 0 bridgehead atoms. The van der Waals surface area contributed by atoms with Gasteiger partial charge in [0.15, 0.2) is 11.0 Å². The van der Waals surface area contributed by atoms with Gasteiger partial charge in [-0.3, -0.25) is 9.36 Å². The van der Waals surface area contributed by atoms with Crippen molar-refractivity contribution < 1.29 is 9.18 Å². The molecule has 7 heteroatoms. The van der Waals surface area contributed by atoms with Crippen LogP contribution in [0.2, 0.25) is 0 Å². The van der Waals surface area contributed by atoms with Crippen LogP contribution in [-0.4, -0.2) is 26.4 Å². The van der Waals surface area contributed by atoms with Crippen molar-refractivity contribution in [2.24, 2.45) is 0 Å². The Morgan fingerprint density at radius 2 is 1.62 bits per heavy atom. The van der Waals surface area contributed by atoms with Gasteiger partial charge in [-0.25, -0.2) is 4.39 Å². The van der Waals surface area contributed by atoms with E-state index >= 15 is 0 Å². The molecule has 0 spiro atoms. The lowest BCUT2D eigenvalue weighted by Crippen LogP contribution is -2.28. The van der Waals surface area contributed by atoms with Crippen LogP contribution in [-0.2, 0) is 11.3 Å². The first-order valence-electron chi connectivity index (χ1n) is 10.3. The first kappa shape index (κ1) is 21.8. The zero-order valence-electron chi connectivity index (χ0n) is 17.6. The number of hydrogen-bond acceptors (Lipinski definition) is 4. The Balaban J connectivity index is 1.53. The number of carbonyl (C=O) groups is 1. The number of carbonyl (C=O) groups excluding carboxylic acids is 1. The predicted molar refractivity (Wildman–Crippen MR) is 125 cm³/mol. The number of hydrogen-bond donors (Lipinski definition) is 1. The molecule has 1 aromatic heterocycles. The molecule has 0 aliphatic carbocycles. The third-order valence-corrected chi connectivity index (χ3v) is 5.99. The summed E-state index contributed by atoms with van der Waals surface area (Å²) in [7, 11) is 0. The van der Waals surface area contributed by atoms with E-state index in [4.69, 9.17) is 0 Å². The molecule has 1 heterocycles. The minimum Gasteiger partial charge on any atom is -0.349 e. The molecule has 0 unspecified atom stereocenters. The Bertz CT molecular complexity index is 1180. The molecule has 1 amide bonds. The van der Waals surface area contributed by atoms with Crippen LogP contribution in [0.1, 0.15) is 24.1 Å². The minimum atomic E-state index is -0.361. The van der Waals surface area contributed by atoms with Gasteiger partial charge in [0.25, 0.3) is 0 Å². The second-order valence-electron chi connectivity index (χ2n) is 7.35. The number of nitrogens with zero attached hydrogens (tertiary/aromatic N) is 3. The topological polar surface area (TPSA) is 59.8 Å². The molecule has 3 aromatic carbocycles. The lowest BCUT2D eigenvalue weighted by Gasteiger charge is -2.14. The highest BCUT2D eigenvalue weighted by Gasteiger charge is 2.19. The van der Waals surface area contributed by atoms with Crippen LogP contribution in [0.25, 0.3) is 11.4 Å². The van der Waals surface area contributed by atoms with E-state index in [0.717, 1.165) is 11.1 Å². The number of rotatable bonds is 8.